The largest absolute Gasteiger partial charge is 0.384 e. The van der Waals surface area contributed by atoms with Gasteiger partial charge in [0, 0.05) is 23.5 Å². The Morgan fingerprint density at radius 1 is 1.12 bits per heavy atom. The maximum Gasteiger partial charge on any atom is 0.123 e. The Morgan fingerprint density at radius 3 is 2.65 bits per heavy atom. The molecule has 0 saturated carbocycles. The lowest BCUT2D eigenvalue weighted by Crippen LogP contribution is -2.31. The first-order chi connectivity index (χ1) is 12.6. The minimum atomic E-state index is -0.267. The quantitative estimate of drug-likeness (QED) is 0.783. The van der Waals surface area contributed by atoms with E-state index in [0.717, 1.165) is 48.3 Å². The Kier molecular flexibility index (Phi) is 4.42. The van der Waals surface area contributed by atoms with Crippen LogP contribution >= 0.6 is 0 Å². The molecular weight excluding hydrogens is 329 g/mol. The molecule has 1 fully saturated rings. The van der Waals surface area contributed by atoms with Crippen molar-refractivity contribution in [2.24, 2.45) is 0 Å². The number of nitrogens with two attached hydrogens (primary N) is 1. The standard InChI is InChI=1S/C20H22FN5/c1-25-9-6-17(7-10-25)26-13-18(14-5-8-23-19(22)12-14)20(24-26)15-3-2-4-16(21)11-15/h2-5,8,11-13,17H,6-7,9-10H2,1H3,(H2,22,23). The van der Waals surface area contributed by atoms with Crippen LogP contribution in [0.25, 0.3) is 22.4 Å². The summed E-state index contributed by atoms with van der Waals surface area (Å²) in [4.78, 5) is 6.40. The van der Waals surface area contributed by atoms with Crippen LogP contribution in [0, 0.1) is 5.82 Å². The van der Waals surface area contributed by atoms with Gasteiger partial charge in [0.2, 0.25) is 0 Å². The van der Waals surface area contributed by atoms with E-state index in [1.165, 1.54) is 12.1 Å². The molecule has 0 unspecified atom stereocenters. The third-order valence-corrected chi connectivity index (χ3v) is 4.98. The summed E-state index contributed by atoms with van der Waals surface area (Å²) < 4.78 is 15.8. The molecule has 0 amide bonds. The maximum atomic E-state index is 13.8. The van der Waals surface area contributed by atoms with Crippen LogP contribution < -0.4 is 5.73 Å². The first-order valence-electron chi connectivity index (χ1n) is 8.86. The van der Waals surface area contributed by atoms with Crippen molar-refractivity contribution < 1.29 is 4.39 Å². The van der Waals surface area contributed by atoms with E-state index in [2.05, 4.69) is 23.1 Å². The molecule has 3 heterocycles. The number of benzene rings is 1. The lowest BCUT2D eigenvalue weighted by molar-refractivity contribution is 0.212. The zero-order valence-electron chi connectivity index (χ0n) is 14.8. The average Bonchev–Trinajstić information content (AvgIpc) is 3.08. The highest BCUT2D eigenvalue weighted by Crippen LogP contribution is 2.34. The third-order valence-electron chi connectivity index (χ3n) is 4.98. The number of anilines is 1. The highest BCUT2D eigenvalue weighted by atomic mass is 19.1. The van der Waals surface area contributed by atoms with Crippen LogP contribution in [0.15, 0.2) is 48.8 Å². The lowest BCUT2D eigenvalue weighted by atomic mass is 10.0. The summed E-state index contributed by atoms with van der Waals surface area (Å²) in [7, 11) is 2.14. The molecule has 1 aliphatic rings. The Bertz CT molecular complexity index is 849. The molecule has 0 atom stereocenters. The minimum Gasteiger partial charge on any atom is -0.384 e. The number of pyridine rings is 1. The summed E-state index contributed by atoms with van der Waals surface area (Å²) in [5, 5.41) is 4.85. The molecule has 5 nitrogen and oxygen atoms in total. The van der Waals surface area contributed by atoms with Gasteiger partial charge in [0.05, 0.1) is 6.04 Å². The summed E-state index contributed by atoms with van der Waals surface area (Å²) in [6.45, 7) is 2.11. The number of piperidine rings is 1. The fourth-order valence-electron chi connectivity index (χ4n) is 3.51. The number of nitrogen functional groups attached to an aromatic ring is 1. The second-order valence-electron chi connectivity index (χ2n) is 6.89. The molecule has 0 bridgehead atoms. The Labute approximate surface area is 152 Å². The number of halogens is 1. The highest BCUT2D eigenvalue weighted by molar-refractivity contribution is 5.81. The first kappa shape index (κ1) is 16.7. The molecular formula is C20H22FN5. The normalized spacial score (nSPS) is 16.1. The van der Waals surface area contributed by atoms with Crippen molar-refractivity contribution in [2.45, 2.75) is 18.9 Å². The van der Waals surface area contributed by atoms with Gasteiger partial charge in [0.15, 0.2) is 0 Å². The van der Waals surface area contributed by atoms with Crippen molar-refractivity contribution in [2.75, 3.05) is 25.9 Å². The predicted molar refractivity (Wildman–Crippen MR) is 101 cm³/mol. The summed E-state index contributed by atoms with van der Waals surface area (Å²) in [6, 6.07) is 10.7. The Hall–Kier alpha value is -2.73. The van der Waals surface area contributed by atoms with Gasteiger partial charge in [-0.15, -0.1) is 0 Å². The number of aromatic nitrogens is 3. The van der Waals surface area contributed by atoms with Gasteiger partial charge in [0.1, 0.15) is 17.3 Å². The molecule has 6 heteroatoms. The third kappa shape index (κ3) is 3.32. The monoisotopic (exact) mass is 351 g/mol. The molecule has 0 aliphatic carbocycles. The summed E-state index contributed by atoms with van der Waals surface area (Å²) in [5.41, 5.74) is 9.30. The van der Waals surface area contributed by atoms with Gasteiger partial charge < -0.3 is 10.6 Å². The van der Waals surface area contributed by atoms with Crippen molar-refractivity contribution in [1.82, 2.24) is 19.7 Å². The molecule has 0 spiro atoms. The number of hydrogen-bond acceptors (Lipinski definition) is 4. The molecule has 1 aliphatic heterocycles. The Morgan fingerprint density at radius 2 is 1.92 bits per heavy atom. The van der Waals surface area contributed by atoms with E-state index in [-0.39, 0.29) is 5.82 Å². The topological polar surface area (TPSA) is 60.0 Å². The summed E-state index contributed by atoms with van der Waals surface area (Å²) in [5.74, 6) is 0.191. The van der Waals surface area contributed by atoms with Gasteiger partial charge >= 0.3 is 0 Å². The summed E-state index contributed by atoms with van der Waals surface area (Å²) >= 11 is 0. The first-order valence-corrected chi connectivity index (χ1v) is 8.86. The van der Waals surface area contributed by atoms with Crippen LogP contribution in [0.2, 0.25) is 0 Å². The van der Waals surface area contributed by atoms with Gasteiger partial charge in [0.25, 0.3) is 0 Å². The van der Waals surface area contributed by atoms with Crippen LogP contribution in [0.4, 0.5) is 10.2 Å². The number of nitrogens with zero attached hydrogens (tertiary/aromatic N) is 4. The molecule has 4 rings (SSSR count). The molecule has 1 saturated heterocycles. The fourth-order valence-corrected chi connectivity index (χ4v) is 3.51. The van der Waals surface area contributed by atoms with Crippen LogP contribution in [-0.4, -0.2) is 39.8 Å². The van der Waals surface area contributed by atoms with Crippen molar-refractivity contribution in [3.05, 3.63) is 54.6 Å². The smallest absolute Gasteiger partial charge is 0.123 e. The van der Waals surface area contributed by atoms with Crippen LogP contribution in [0.3, 0.4) is 0 Å². The van der Waals surface area contributed by atoms with E-state index in [9.17, 15) is 4.39 Å². The predicted octanol–water partition coefficient (Wildman–Crippen LogP) is 3.60. The zero-order chi connectivity index (χ0) is 18.1. The molecule has 3 aromatic rings. The van der Waals surface area contributed by atoms with Crippen molar-refractivity contribution in [3.63, 3.8) is 0 Å². The number of rotatable bonds is 3. The molecule has 2 N–H and O–H groups in total. The van der Waals surface area contributed by atoms with Crippen LogP contribution in [-0.2, 0) is 0 Å². The van der Waals surface area contributed by atoms with Crippen LogP contribution in [0.1, 0.15) is 18.9 Å². The molecule has 1 aromatic carbocycles. The van der Waals surface area contributed by atoms with E-state index in [1.54, 1.807) is 12.3 Å². The average molecular weight is 351 g/mol. The van der Waals surface area contributed by atoms with E-state index in [1.807, 2.05) is 22.9 Å². The lowest BCUT2D eigenvalue weighted by Gasteiger charge is -2.29. The van der Waals surface area contributed by atoms with E-state index >= 15 is 0 Å². The van der Waals surface area contributed by atoms with E-state index < -0.39 is 0 Å². The fraction of sp³-hybridized carbons (Fsp3) is 0.300. The van der Waals surface area contributed by atoms with Crippen molar-refractivity contribution >= 4 is 5.82 Å². The SMILES string of the molecule is CN1CCC(n2cc(-c3ccnc(N)c3)c(-c3cccc(F)c3)n2)CC1. The Balaban J connectivity index is 1.80. The maximum absolute atomic E-state index is 13.8. The summed E-state index contributed by atoms with van der Waals surface area (Å²) in [6.07, 6.45) is 5.86. The molecule has 134 valence electrons. The van der Waals surface area contributed by atoms with E-state index in [4.69, 9.17) is 10.8 Å². The van der Waals surface area contributed by atoms with Gasteiger partial charge in [-0.1, -0.05) is 12.1 Å². The second kappa shape index (κ2) is 6.88. The van der Waals surface area contributed by atoms with Crippen molar-refractivity contribution in [1.29, 1.82) is 0 Å². The van der Waals surface area contributed by atoms with Gasteiger partial charge in [-0.05, 0) is 62.8 Å². The second-order valence-corrected chi connectivity index (χ2v) is 6.89. The highest BCUT2D eigenvalue weighted by Gasteiger charge is 2.22. The van der Waals surface area contributed by atoms with E-state index in [0.29, 0.717) is 11.9 Å². The van der Waals surface area contributed by atoms with Gasteiger partial charge in [-0.3, -0.25) is 4.68 Å². The molecule has 0 radical (unpaired) electrons. The number of likely N-dealkylation sites (tertiary alicyclic amines) is 1. The molecule has 2 aromatic heterocycles. The number of hydrogen-bond donors (Lipinski definition) is 1. The minimum absolute atomic E-state index is 0.267. The zero-order valence-corrected chi connectivity index (χ0v) is 14.8. The van der Waals surface area contributed by atoms with Gasteiger partial charge in [-0.25, -0.2) is 9.37 Å². The van der Waals surface area contributed by atoms with Gasteiger partial charge in [-0.2, -0.15) is 5.10 Å². The van der Waals surface area contributed by atoms with Crippen molar-refractivity contribution in [3.8, 4) is 22.4 Å². The van der Waals surface area contributed by atoms with Crippen LogP contribution in [0.5, 0.6) is 0 Å². The molecule has 26 heavy (non-hydrogen) atoms.